The number of hydrogen-bond donors (Lipinski definition) is 1. The van der Waals surface area contributed by atoms with Gasteiger partial charge in [-0.1, -0.05) is 24.3 Å². The van der Waals surface area contributed by atoms with E-state index in [0.29, 0.717) is 19.8 Å². The Balaban J connectivity index is 2.51. The van der Waals surface area contributed by atoms with E-state index < -0.39 is 0 Å². The van der Waals surface area contributed by atoms with Crippen LogP contribution < -0.4 is 5.32 Å². The second kappa shape index (κ2) is 7.39. The van der Waals surface area contributed by atoms with Crippen LogP contribution in [0.3, 0.4) is 0 Å². The van der Waals surface area contributed by atoms with E-state index in [1.807, 2.05) is 7.05 Å². The van der Waals surface area contributed by atoms with Gasteiger partial charge >= 0.3 is 0 Å². The largest absolute Gasteiger partial charge is 0.382 e. The van der Waals surface area contributed by atoms with E-state index in [0.717, 1.165) is 0 Å². The van der Waals surface area contributed by atoms with Gasteiger partial charge in [0.15, 0.2) is 0 Å². The van der Waals surface area contributed by atoms with Gasteiger partial charge in [0.25, 0.3) is 0 Å². The van der Waals surface area contributed by atoms with Crippen molar-refractivity contribution < 1.29 is 9.47 Å². The lowest BCUT2D eigenvalue weighted by Crippen LogP contribution is -2.23. The first-order valence-electron chi connectivity index (χ1n) is 5.59. The second-order valence-electron chi connectivity index (χ2n) is 3.77. The lowest BCUT2D eigenvalue weighted by molar-refractivity contribution is 0.0595. The van der Waals surface area contributed by atoms with Gasteiger partial charge in [-0.25, -0.2) is 0 Å². The summed E-state index contributed by atoms with van der Waals surface area (Å²) in [7, 11) is 3.64. The fourth-order valence-electron chi connectivity index (χ4n) is 1.65. The number of methoxy groups -OCH3 is 1. The van der Waals surface area contributed by atoms with Gasteiger partial charge in [0.1, 0.15) is 0 Å². The summed E-state index contributed by atoms with van der Waals surface area (Å²) in [6, 6.07) is 8.61. The summed E-state index contributed by atoms with van der Waals surface area (Å²) in [5, 5.41) is 3.27. The molecule has 0 aliphatic rings. The highest BCUT2D eigenvalue weighted by atomic mass is 16.5. The van der Waals surface area contributed by atoms with Gasteiger partial charge in [0, 0.05) is 7.11 Å². The third-order valence-electron chi connectivity index (χ3n) is 2.63. The molecule has 3 nitrogen and oxygen atoms in total. The molecule has 0 fully saturated rings. The van der Waals surface area contributed by atoms with E-state index in [9.17, 15) is 0 Å². The molecule has 16 heavy (non-hydrogen) atoms. The lowest BCUT2D eigenvalue weighted by atomic mass is 10.0. The van der Waals surface area contributed by atoms with Crippen LogP contribution in [0.25, 0.3) is 0 Å². The lowest BCUT2D eigenvalue weighted by Gasteiger charge is -2.18. The number of rotatable bonds is 7. The molecule has 1 rings (SSSR count). The van der Waals surface area contributed by atoms with Gasteiger partial charge in [-0.2, -0.15) is 0 Å². The highest BCUT2D eigenvalue weighted by molar-refractivity contribution is 5.28. The summed E-state index contributed by atoms with van der Waals surface area (Å²) < 4.78 is 10.5. The Bertz CT molecular complexity index is 302. The van der Waals surface area contributed by atoms with E-state index in [1.165, 1.54) is 11.1 Å². The van der Waals surface area contributed by atoms with Gasteiger partial charge in [-0.3, -0.25) is 0 Å². The minimum atomic E-state index is 0.248. The molecule has 1 aromatic carbocycles. The Morgan fingerprint density at radius 3 is 2.62 bits per heavy atom. The molecule has 0 aliphatic heterocycles. The molecule has 1 unspecified atom stereocenters. The van der Waals surface area contributed by atoms with Crippen LogP contribution >= 0.6 is 0 Å². The molecule has 1 N–H and O–H groups in total. The van der Waals surface area contributed by atoms with Crippen LogP contribution in [0.1, 0.15) is 17.2 Å². The monoisotopic (exact) mass is 223 g/mol. The molecule has 0 spiro atoms. The van der Waals surface area contributed by atoms with Gasteiger partial charge < -0.3 is 14.8 Å². The zero-order valence-corrected chi connectivity index (χ0v) is 10.3. The van der Waals surface area contributed by atoms with Crippen molar-refractivity contribution in [2.45, 2.75) is 13.0 Å². The SMILES string of the molecule is CNC(COCCOC)c1ccccc1C. The molecule has 3 heteroatoms. The van der Waals surface area contributed by atoms with Crippen molar-refractivity contribution in [1.82, 2.24) is 5.32 Å². The Morgan fingerprint density at radius 2 is 2.00 bits per heavy atom. The van der Waals surface area contributed by atoms with Crippen LogP contribution in [0, 0.1) is 6.92 Å². The number of aryl methyl sites for hydroxylation is 1. The highest BCUT2D eigenvalue weighted by Gasteiger charge is 2.10. The number of benzene rings is 1. The van der Waals surface area contributed by atoms with E-state index in [1.54, 1.807) is 7.11 Å². The normalized spacial score (nSPS) is 12.7. The van der Waals surface area contributed by atoms with Gasteiger partial charge in [0.2, 0.25) is 0 Å². The Labute approximate surface area is 97.8 Å². The first kappa shape index (κ1) is 13.2. The van der Waals surface area contributed by atoms with Gasteiger partial charge in [0.05, 0.1) is 25.9 Å². The molecule has 0 bridgehead atoms. The zero-order valence-electron chi connectivity index (χ0n) is 10.3. The average Bonchev–Trinajstić information content (AvgIpc) is 2.31. The molecule has 0 aliphatic carbocycles. The average molecular weight is 223 g/mol. The van der Waals surface area contributed by atoms with Crippen molar-refractivity contribution >= 4 is 0 Å². The standard InChI is InChI=1S/C13H21NO2/c1-11-6-4-5-7-12(11)13(14-2)10-16-9-8-15-3/h4-7,13-14H,8-10H2,1-3H3. The summed E-state index contributed by atoms with van der Waals surface area (Å²) in [5.41, 5.74) is 2.58. The maximum atomic E-state index is 5.55. The third kappa shape index (κ3) is 3.93. The maximum Gasteiger partial charge on any atom is 0.0701 e. The van der Waals surface area contributed by atoms with Crippen molar-refractivity contribution in [1.29, 1.82) is 0 Å². The summed E-state index contributed by atoms with van der Waals surface area (Å²) in [6.45, 7) is 4.07. The van der Waals surface area contributed by atoms with E-state index >= 15 is 0 Å². The number of ether oxygens (including phenoxy) is 2. The molecular weight excluding hydrogens is 202 g/mol. The number of hydrogen-bond acceptors (Lipinski definition) is 3. The molecule has 0 saturated carbocycles. The summed E-state index contributed by atoms with van der Waals surface area (Å²) in [5.74, 6) is 0. The highest BCUT2D eigenvalue weighted by Crippen LogP contribution is 2.17. The number of likely N-dealkylation sites (N-methyl/N-ethyl adjacent to an activating group) is 1. The van der Waals surface area contributed by atoms with Crippen molar-refractivity contribution in [3.63, 3.8) is 0 Å². The van der Waals surface area contributed by atoms with Crippen LogP contribution in [0.2, 0.25) is 0 Å². The fraction of sp³-hybridized carbons (Fsp3) is 0.538. The van der Waals surface area contributed by atoms with E-state index in [4.69, 9.17) is 9.47 Å². The second-order valence-corrected chi connectivity index (χ2v) is 3.77. The van der Waals surface area contributed by atoms with Crippen molar-refractivity contribution in [2.75, 3.05) is 34.0 Å². The predicted octanol–water partition coefficient (Wildman–Crippen LogP) is 1.92. The minimum absolute atomic E-state index is 0.248. The molecule has 1 aromatic rings. The summed E-state index contributed by atoms with van der Waals surface area (Å²) >= 11 is 0. The Morgan fingerprint density at radius 1 is 1.25 bits per heavy atom. The first-order chi connectivity index (χ1) is 7.79. The predicted molar refractivity (Wildman–Crippen MR) is 65.7 cm³/mol. The summed E-state index contributed by atoms with van der Waals surface area (Å²) in [6.07, 6.45) is 0. The molecular formula is C13H21NO2. The number of nitrogens with one attached hydrogen (secondary N) is 1. The molecule has 0 aromatic heterocycles. The van der Waals surface area contributed by atoms with Gasteiger partial charge in [-0.05, 0) is 25.1 Å². The maximum absolute atomic E-state index is 5.55. The molecule has 0 saturated heterocycles. The van der Waals surface area contributed by atoms with Crippen LogP contribution in [0.5, 0.6) is 0 Å². The Kier molecular flexibility index (Phi) is 6.08. The molecule has 90 valence electrons. The van der Waals surface area contributed by atoms with Gasteiger partial charge in [-0.15, -0.1) is 0 Å². The quantitative estimate of drug-likeness (QED) is 0.716. The fourth-order valence-corrected chi connectivity index (χ4v) is 1.65. The zero-order chi connectivity index (χ0) is 11.8. The van der Waals surface area contributed by atoms with Crippen molar-refractivity contribution in [3.05, 3.63) is 35.4 Å². The summed E-state index contributed by atoms with van der Waals surface area (Å²) in [4.78, 5) is 0. The first-order valence-corrected chi connectivity index (χ1v) is 5.59. The van der Waals surface area contributed by atoms with Crippen molar-refractivity contribution in [3.8, 4) is 0 Å². The Hall–Kier alpha value is -0.900. The smallest absolute Gasteiger partial charge is 0.0701 e. The molecule has 0 radical (unpaired) electrons. The molecule has 1 atom stereocenters. The minimum Gasteiger partial charge on any atom is -0.382 e. The van der Waals surface area contributed by atoms with Crippen LogP contribution in [-0.4, -0.2) is 34.0 Å². The van der Waals surface area contributed by atoms with E-state index in [-0.39, 0.29) is 6.04 Å². The van der Waals surface area contributed by atoms with E-state index in [2.05, 4.69) is 36.5 Å². The molecule has 0 heterocycles. The van der Waals surface area contributed by atoms with Crippen LogP contribution in [-0.2, 0) is 9.47 Å². The molecule has 0 amide bonds. The third-order valence-corrected chi connectivity index (χ3v) is 2.63. The topological polar surface area (TPSA) is 30.5 Å². The van der Waals surface area contributed by atoms with Crippen LogP contribution in [0.15, 0.2) is 24.3 Å². The van der Waals surface area contributed by atoms with Crippen molar-refractivity contribution in [2.24, 2.45) is 0 Å². The van der Waals surface area contributed by atoms with Crippen LogP contribution in [0.4, 0.5) is 0 Å².